The van der Waals surface area contributed by atoms with E-state index in [4.69, 9.17) is 4.55 Å². The third-order valence-electron chi connectivity index (χ3n) is 1.15. The predicted octanol–water partition coefficient (Wildman–Crippen LogP) is -4.88. The summed E-state index contributed by atoms with van der Waals surface area (Å²) in [7, 11) is -4.06. The molecule has 0 radical (unpaired) electrons. The molecule has 16 heavy (non-hydrogen) atoms. The van der Waals surface area contributed by atoms with Crippen molar-refractivity contribution in [2.45, 2.75) is 6.42 Å². The largest absolute Gasteiger partial charge is 1.00 e. The second-order valence-corrected chi connectivity index (χ2v) is 4.03. The molecule has 0 atom stereocenters. The van der Waals surface area contributed by atoms with Gasteiger partial charge in [0.15, 0.2) is 0 Å². The van der Waals surface area contributed by atoms with Crippen LogP contribution in [0.15, 0.2) is 12.2 Å². The van der Waals surface area contributed by atoms with Gasteiger partial charge in [0.1, 0.15) is 0 Å². The maximum absolute atomic E-state index is 10.7. The summed E-state index contributed by atoms with van der Waals surface area (Å²) in [4.78, 5) is 20.5. The van der Waals surface area contributed by atoms with Crippen molar-refractivity contribution in [3.05, 3.63) is 12.2 Å². The minimum Gasteiger partial charge on any atom is -0.545 e. The monoisotopic (exact) mass is 260 g/mol. The van der Waals surface area contributed by atoms with Crippen LogP contribution in [0.2, 0.25) is 0 Å². The van der Waals surface area contributed by atoms with Gasteiger partial charge in [-0.2, -0.15) is 8.42 Å². The number of carboxylic acids is 1. The number of carbonyl (C=O) groups is 2. The summed E-state index contributed by atoms with van der Waals surface area (Å²) < 4.78 is 33.1. The third-order valence-corrected chi connectivity index (χ3v) is 1.95. The molecular weight excluding hydrogens is 251 g/mol. The van der Waals surface area contributed by atoms with E-state index in [2.05, 4.69) is 4.74 Å². The molecule has 0 aliphatic carbocycles. The van der Waals surface area contributed by atoms with Crippen LogP contribution < -0.4 is 34.7 Å². The van der Waals surface area contributed by atoms with Gasteiger partial charge in [0.25, 0.3) is 10.1 Å². The smallest absolute Gasteiger partial charge is 0.545 e. The number of aliphatic carboxylic acids is 1. The van der Waals surface area contributed by atoms with Crippen LogP contribution in [0.25, 0.3) is 0 Å². The molecule has 9 heteroatoms. The first-order chi connectivity index (χ1) is 6.81. The van der Waals surface area contributed by atoms with Gasteiger partial charge in [0, 0.05) is 6.08 Å². The molecule has 0 aliphatic rings. The summed E-state index contributed by atoms with van der Waals surface area (Å²) in [6.07, 6.45) is 1.07. The van der Waals surface area contributed by atoms with E-state index in [9.17, 15) is 23.1 Å². The van der Waals surface area contributed by atoms with E-state index in [0.717, 1.165) is 0 Å². The van der Waals surface area contributed by atoms with E-state index in [0.29, 0.717) is 12.2 Å². The molecule has 0 spiro atoms. The quantitative estimate of drug-likeness (QED) is 0.167. The summed E-state index contributed by atoms with van der Waals surface area (Å²) in [6.45, 7) is -0.226. The molecule has 0 aromatic carbocycles. The van der Waals surface area contributed by atoms with Crippen molar-refractivity contribution in [2.24, 2.45) is 0 Å². The Kier molecular flexibility index (Phi) is 9.78. The molecule has 7 nitrogen and oxygen atoms in total. The molecule has 0 saturated heterocycles. The molecule has 0 rings (SSSR count). The van der Waals surface area contributed by atoms with E-state index in [1.54, 1.807) is 0 Å². The van der Waals surface area contributed by atoms with Crippen molar-refractivity contribution in [1.82, 2.24) is 0 Å². The Hall–Kier alpha value is -0.410. The van der Waals surface area contributed by atoms with Crippen molar-refractivity contribution in [1.29, 1.82) is 0 Å². The first kappa shape index (κ1) is 18.0. The minimum absolute atomic E-state index is 0. The maximum Gasteiger partial charge on any atom is 1.00 e. The van der Waals surface area contributed by atoms with Crippen LogP contribution in [0.4, 0.5) is 0 Å². The topological polar surface area (TPSA) is 121 Å². The Balaban J connectivity index is 0. The van der Waals surface area contributed by atoms with Crippen LogP contribution in [0.5, 0.6) is 0 Å². The summed E-state index contributed by atoms with van der Waals surface area (Å²) in [5.74, 6) is -2.98. The van der Waals surface area contributed by atoms with Crippen molar-refractivity contribution < 1.29 is 62.0 Å². The van der Waals surface area contributed by atoms with Gasteiger partial charge in [-0.25, -0.2) is 4.79 Å². The number of carbonyl (C=O) groups excluding carboxylic acids is 2. The molecule has 0 aromatic rings. The van der Waals surface area contributed by atoms with Crippen LogP contribution in [0.3, 0.4) is 0 Å². The van der Waals surface area contributed by atoms with E-state index < -0.39 is 27.8 Å². The zero-order chi connectivity index (χ0) is 11.9. The van der Waals surface area contributed by atoms with Gasteiger partial charge >= 0.3 is 35.5 Å². The Morgan fingerprint density at radius 2 is 1.88 bits per heavy atom. The minimum atomic E-state index is -4.06. The molecule has 1 N–H and O–H groups in total. The SMILES string of the molecule is O=C([O-])/C=C\C(=O)OCCCS(=O)(=O)O.[Na+]. The zero-order valence-corrected chi connectivity index (χ0v) is 11.4. The second-order valence-electron chi connectivity index (χ2n) is 2.46. The first-order valence-corrected chi connectivity index (χ1v) is 5.43. The molecule has 0 bridgehead atoms. The summed E-state index contributed by atoms with van der Waals surface area (Å²) in [5, 5.41) is 9.85. The van der Waals surface area contributed by atoms with Gasteiger partial charge in [0.2, 0.25) is 0 Å². The van der Waals surface area contributed by atoms with Crippen LogP contribution in [-0.2, 0) is 24.4 Å². The van der Waals surface area contributed by atoms with Gasteiger partial charge in [-0.05, 0) is 12.5 Å². The Morgan fingerprint density at radius 3 is 2.31 bits per heavy atom. The first-order valence-electron chi connectivity index (χ1n) is 3.82. The molecule has 0 saturated carbocycles. The molecule has 0 fully saturated rings. The van der Waals surface area contributed by atoms with Gasteiger partial charge in [-0.3, -0.25) is 4.55 Å². The average Bonchev–Trinajstić information content (AvgIpc) is 2.07. The predicted molar refractivity (Wildman–Crippen MR) is 46.1 cm³/mol. The normalized spacial score (nSPS) is 10.8. The van der Waals surface area contributed by atoms with Gasteiger partial charge in [-0.15, -0.1) is 0 Å². The molecule has 0 aromatic heterocycles. The van der Waals surface area contributed by atoms with Crippen LogP contribution in [-0.4, -0.2) is 37.3 Å². The molecule has 0 heterocycles. The Labute approximate surface area is 115 Å². The van der Waals surface area contributed by atoms with Gasteiger partial charge < -0.3 is 14.6 Å². The molecule has 0 aliphatic heterocycles. The summed E-state index contributed by atoms with van der Waals surface area (Å²) in [6, 6.07) is 0. The Bertz CT molecular complexity index is 359. The van der Waals surface area contributed by atoms with Gasteiger partial charge in [-0.1, -0.05) is 0 Å². The van der Waals surface area contributed by atoms with Crippen LogP contribution in [0.1, 0.15) is 6.42 Å². The fourth-order valence-corrected chi connectivity index (χ4v) is 1.08. The van der Waals surface area contributed by atoms with E-state index >= 15 is 0 Å². The van der Waals surface area contributed by atoms with Crippen LogP contribution >= 0.6 is 0 Å². The molecule has 0 unspecified atom stereocenters. The summed E-state index contributed by atoms with van der Waals surface area (Å²) in [5.41, 5.74) is 0. The van der Waals surface area contributed by atoms with Crippen molar-refractivity contribution in [3.8, 4) is 0 Å². The van der Waals surface area contributed by atoms with Crippen molar-refractivity contribution in [3.63, 3.8) is 0 Å². The number of ether oxygens (including phenoxy) is 1. The molecule has 0 amide bonds. The number of rotatable bonds is 6. The van der Waals surface area contributed by atoms with Gasteiger partial charge in [0.05, 0.1) is 18.3 Å². The standard InChI is InChI=1S/C7H10O7S.Na/c8-6(9)2-3-7(10)14-4-1-5-15(11,12)13;/h2-3H,1,4-5H2,(H,8,9)(H,11,12,13);/q;+1/p-1/b3-2-;. The van der Waals surface area contributed by atoms with E-state index in [1.165, 1.54) is 0 Å². The molecule has 86 valence electrons. The second kappa shape index (κ2) is 8.71. The summed E-state index contributed by atoms with van der Waals surface area (Å²) >= 11 is 0. The molecular formula is C7H9NaO7S. The zero-order valence-electron chi connectivity index (χ0n) is 8.58. The van der Waals surface area contributed by atoms with Crippen molar-refractivity contribution >= 4 is 22.1 Å². The number of esters is 1. The number of hydrogen-bond donors (Lipinski definition) is 1. The average molecular weight is 260 g/mol. The fourth-order valence-electron chi connectivity index (χ4n) is 0.598. The maximum atomic E-state index is 10.7. The van der Waals surface area contributed by atoms with E-state index in [-0.39, 0.29) is 42.6 Å². The van der Waals surface area contributed by atoms with Crippen LogP contribution in [0, 0.1) is 0 Å². The number of hydrogen-bond acceptors (Lipinski definition) is 6. The fraction of sp³-hybridized carbons (Fsp3) is 0.429. The third kappa shape index (κ3) is 13.6. The Morgan fingerprint density at radius 1 is 1.31 bits per heavy atom. The van der Waals surface area contributed by atoms with Crippen molar-refractivity contribution in [2.75, 3.05) is 12.4 Å². The number of carboxylic acid groups (broad SMARTS) is 1. The van der Waals surface area contributed by atoms with E-state index in [1.807, 2.05) is 0 Å².